The average molecular weight is 393 g/mol. The molecule has 0 fully saturated rings. The molecule has 0 spiro atoms. The molecule has 0 saturated heterocycles. The first-order valence-corrected chi connectivity index (χ1v) is 8.43. The van der Waals surface area contributed by atoms with E-state index in [1.165, 1.54) is 27.2 Å². The zero-order valence-electron chi connectivity index (χ0n) is 15.7. The maximum Gasteiger partial charge on any atom is 0.323 e. The molecule has 1 N–H and O–H groups in total. The fourth-order valence-electron chi connectivity index (χ4n) is 2.87. The molecule has 2 aromatic rings. The Hall–Kier alpha value is -3.16. The molecule has 0 aliphatic rings. The first kappa shape index (κ1) is 21.1. The van der Waals surface area contributed by atoms with Gasteiger partial charge < -0.3 is 19.5 Å². The summed E-state index contributed by atoms with van der Waals surface area (Å²) in [6.07, 6.45) is 0. The van der Waals surface area contributed by atoms with E-state index in [-0.39, 0.29) is 6.54 Å². The van der Waals surface area contributed by atoms with Crippen LogP contribution in [0.2, 0.25) is 0 Å². The largest absolute Gasteiger partial charge is 0.497 e. The van der Waals surface area contributed by atoms with Crippen LogP contribution in [0.5, 0.6) is 11.5 Å². The minimum Gasteiger partial charge on any atom is -0.497 e. The van der Waals surface area contributed by atoms with E-state index in [0.717, 1.165) is 17.0 Å². The third kappa shape index (κ3) is 4.97. The van der Waals surface area contributed by atoms with E-state index in [0.29, 0.717) is 17.1 Å². The third-order valence-electron chi connectivity index (χ3n) is 4.23. The van der Waals surface area contributed by atoms with E-state index in [9.17, 15) is 23.5 Å². The maximum atomic E-state index is 14.1. The van der Waals surface area contributed by atoms with E-state index in [4.69, 9.17) is 9.47 Å². The molecule has 0 radical (unpaired) electrons. The van der Waals surface area contributed by atoms with E-state index in [1.54, 1.807) is 18.2 Å². The summed E-state index contributed by atoms with van der Waals surface area (Å²) in [5.41, 5.74) is 0.151. The maximum absolute atomic E-state index is 14.1. The highest BCUT2D eigenvalue weighted by Crippen LogP contribution is 2.27. The second kappa shape index (κ2) is 9.16. The molecule has 0 aliphatic carbocycles. The predicted molar refractivity (Wildman–Crippen MR) is 97.4 cm³/mol. The predicted octanol–water partition coefficient (Wildman–Crippen LogP) is 3.20. The number of hydrogen-bond acceptors (Lipinski definition) is 4. The molecule has 28 heavy (non-hydrogen) atoms. The first-order valence-electron chi connectivity index (χ1n) is 8.43. The summed E-state index contributed by atoms with van der Waals surface area (Å²) < 4.78 is 38.4. The zero-order valence-corrected chi connectivity index (χ0v) is 15.7. The molecule has 0 aliphatic heterocycles. The van der Waals surface area contributed by atoms with Crippen LogP contribution in [0.4, 0.5) is 8.78 Å². The van der Waals surface area contributed by atoms with Crippen LogP contribution in [0.3, 0.4) is 0 Å². The van der Waals surface area contributed by atoms with Gasteiger partial charge in [-0.25, -0.2) is 8.78 Å². The standard InChI is InChI=1S/C20H21F2NO5/c1-12(19-16(21)5-4-6-17(19)22)20(26)23(11-18(24)25)10-13-7-14(27-2)9-15(8-13)28-3/h4-9,12H,10-11H2,1-3H3,(H,24,25). The highest BCUT2D eigenvalue weighted by Gasteiger charge is 2.28. The monoisotopic (exact) mass is 393 g/mol. The zero-order chi connectivity index (χ0) is 20.8. The van der Waals surface area contributed by atoms with Crippen LogP contribution in [0.25, 0.3) is 0 Å². The number of methoxy groups -OCH3 is 2. The molecule has 6 nitrogen and oxygen atoms in total. The van der Waals surface area contributed by atoms with Crippen LogP contribution in [0.15, 0.2) is 36.4 Å². The Labute approximate surface area is 161 Å². The van der Waals surface area contributed by atoms with Gasteiger partial charge in [0, 0.05) is 18.2 Å². The Morgan fingerprint density at radius 2 is 1.61 bits per heavy atom. The number of rotatable bonds is 8. The second-order valence-corrected chi connectivity index (χ2v) is 6.17. The Balaban J connectivity index is 2.35. The molecule has 0 bridgehead atoms. The van der Waals surface area contributed by atoms with Crippen molar-refractivity contribution < 1.29 is 33.0 Å². The number of amides is 1. The van der Waals surface area contributed by atoms with Crippen molar-refractivity contribution in [3.63, 3.8) is 0 Å². The number of benzene rings is 2. The van der Waals surface area contributed by atoms with Crippen molar-refractivity contribution in [2.75, 3.05) is 20.8 Å². The SMILES string of the molecule is COc1cc(CN(CC(=O)O)C(=O)C(C)c2c(F)cccc2F)cc(OC)c1. The summed E-state index contributed by atoms with van der Waals surface area (Å²) in [7, 11) is 2.92. The summed E-state index contributed by atoms with van der Waals surface area (Å²) in [5.74, 6) is -3.96. The van der Waals surface area contributed by atoms with E-state index < -0.39 is 41.5 Å². The molecule has 0 saturated carbocycles. The molecule has 1 atom stereocenters. The second-order valence-electron chi connectivity index (χ2n) is 6.17. The molecule has 1 amide bonds. The first-order chi connectivity index (χ1) is 13.3. The topological polar surface area (TPSA) is 76.1 Å². The van der Waals surface area contributed by atoms with Crippen molar-refractivity contribution in [2.24, 2.45) is 0 Å². The van der Waals surface area contributed by atoms with Gasteiger partial charge >= 0.3 is 5.97 Å². The molecule has 0 heterocycles. The number of hydrogen-bond donors (Lipinski definition) is 1. The van der Waals surface area contributed by atoms with Crippen LogP contribution in [-0.2, 0) is 16.1 Å². The molecule has 1 unspecified atom stereocenters. The quantitative estimate of drug-likeness (QED) is 0.745. The van der Waals surface area contributed by atoms with Gasteiger partial charge in [-0.2, -0.15) is 0 Å². The van der Waals surface area contributed by atoms with Crippen molar-refractivity contribution in [1.82, 2.24) is 4.90 Å². The van der Waals surface area contributed by atoms with Crippen LogP contribution in [0.1, 0.15) is 24.0 Å². The molecular weight excluding hydrogens is 372 g/mol. The lowest BCUT2D eigenvalue weighted by atomic mass is 9.98. The van der Waals surface area contributed by atoms with Crippen molar-refractivity contribution in [2.45, 2.75) is 19.4 Å². The molecule has 2 rings (SSSR count). The van der Waals surface area contributed by atoms with E-state index >= 15 is 0 Å². The van der Waals surface area contributed by atoms with Gasteiger partial charge in [-0.1, -0.05) is 6.07 Å². The normalized spacial score (nSPS) is 11.6. The lowest BCUT2D eigenvalue weighted by molar-refractivity contribution is -0.145. The molecule has 0 aromatic heterocycles. The number of nitrogens with zero attached hydrogens (tertiary/aromatic N) is 1. The van der Waals surface area contributed by atoms with Crippen molar-refractivity contribution in [1.29, 1.82) is 0 Å². The number of carbonyl (C=O) groups is 2. The number of ether oxygens (including phenoxy) is 2. The van der Waals surface area contributed by atoms with Gasteiger partial charge in [-0.05, 0) is 36.8 Å². The Morgan fingerprint density at radius 3 is 2.07 bits per heavy atom. The number of halogens is 2. The van der Waals surface area contributed by atoms with Gasteiger partial charge in [-0.15, -0.1) is 0 Å². The number of carboxylic acid groups (broad SMARTS) is 1. The highest BCUT2D eigenvalue weighted by atomic mass is 19.1. The molecule has 150 valence electrons. The Morgan fingerprint density at radius 1 is 1.07 bits per heavy atom. The highest BCUT2D eigenvalue weighted by molar-refractivity contribution is 5.86. The number of carboxylic acids is 1. The van der Waals surface area contributed by atoms with Crippen molar-refractivity contribution in [3.05, 3.63) is 59.2 Å². The minimum absolute atomic E-state index is 0.0981. The summed E-state index contributed by atoms with van der Waals surface area (Å²) in [6, 6.07) is 8.18. The van der Waals surface area contributed by atoms with Crippen LogP contribution >= 0.6 is 0 Å². The van der Waals surface area contributed by atoms with Crippen LogP contribution in [-0.4, -0.2) is 42.6 Å². The van der Waals surface area contributed by atoms with Crippen molar-refractivity contribution >= 4 is 11.9 Å². The minimum atomic E-state index is -1.25. The number of carbonyl (C=O) groups excluding carboxylic acids is 1. The molecular formula is C20H21F2NO5. The fourth-order valence-corrected chi connectivity index (χ4v) is 2.87. The van der Waals surface area contributed by atoms with E-state index in [1.807, 2.05) is 0 Å². The average Bonchev–Trinajstić information content (AvgIpc) is 2.65. The summed E-state index contributed by atoms with van der Waals surface area (Å²) >= 11 is 0. The Bertz CT molecular complexity index is 829. The smallest absolute Gasteiger partial charge is 0.323 e. The van der Waals surface area contributed by atoms with Gasteiger partial charge in [0.2, 0.25) is 5.91 Å². The van der Waals surface area contributed by atoms with Crippen LogP contribution in [0, 0.1) is 11.6 Å². The van der Waals surface area contributed by atoms with Gasteiger partial charge in [-0.3, -0.25) is 9.59 Å². The Kier molecular flexibility index (Phi) is 6.92. The molecule has 2 aromatic carbocycles. The lowest BCUT2D eigenvalue weighted by Crippen LogP contribution is -2.38. The van der Waals surface area contributed by atoms with Gasteiger partial charge in [0.05, 0.1) is 20.1 Å². The third-order valence-corrected chi connectivity index (χ3v) is 4.23. The summed E-state index contributed by atoms with van der Waals surface area (Å²) in [5, 5.41) is 9.18. The lowest BCUT2D eigenvalue weighted by Gasteiger charge is -2.25. The van der Waals surface area contributed by atoms with Gasteiger partial charge in [0.15, 0.2) is 0 Å². The number of aliphatic carboxylic acids is 1. The molecule has 8 heteroatoms. The van der Waals surface area contributed by atoms with Gasteiger partial charge in [0.1, 0.15) is 29.7 Å². The van der Waals surface area contributed by atoms with Gasteiger partial charge in [0.25, 0.3) is 0 Å². The summed E-state index contributed by atoms with van der Waals surface area (Å²) in [6.45, 7) is 0.614. The summed E-state index contributed by atoms with van der Waals surface area (Å²) in [4.78, 5) is 25.1. The van der Waals surface area contributed by atoms with E-state index in [2.05, 4.69) is 0 Å². The van der Waals surface area contributed by atoms with Crippen molar-refractivity contribution in [3.8, 4) is 11.5 Å². The van der Waals surface area contributed by atoms with Crippen LogP contribution < -0.4 is 9.47 Å². The fraction of sp³-hybridized carbons (Fsp3) is 0.300.